The van der Waals surface area contributed by atoms with Crippen molar-refractivity contribution >= 4 is 57.4 Å². The molecule has 9 heteroatoms. The molecule has 0 saturated carbocycles. The van der Waals surface area contributed by atoms with Crippen molar-refractivity contribution in [3.05, 3.63) is 101 Å². The van der Waals surface area contributed by atoms with Crippen LogP contribution in [0.2, 0.25) is 5.15 Å². The van der Waals surface area contributed by atoms with Crippen LogP contribution in [-0.4, -0.2) is 35.3 Å². The molecule has 0 radical (unpaired) electrons. The summed E-state index contributed by atoms with van der Waals surface area (Å²) in [4.78, 5) is 55.6. The topological polar surface area (TPSA) is 106 Å². The number of carbonyl (C=O) groups excluding carboxylic acids is 4. The van der Waals surface area contributed by atoms with Crippen LogP contribution in [0.15, 0.2) is 79.0 Å². The summed E-state index contributed by atoms with van der Waals surface area (Å²) < 4.78 is 5.05. The smallest absolute Gasteiger partial charge is 0.338 e. The number of amides is 3. The molecule has 1 aliphatic heterocycles. The second-order valence-corrected chi connectivity index (χ2v) is 8.03. The van der Waals surface area contributed by atoms with Gasteiger partial charge in [0.2, 0.25) is 0 Å². The standard InChI is InChI=1S/C26H16ClN3O5/c27-23-20(8-3-13-28-23)29-21(31)14-35-26(34)16-9-11-17(12-10-16)30-24(32)18-6-1-4-15-5-2-7-19(22(15)18)25(30)33/h1-13H,14H2,(H,29,31). The third-order valence-corrected chi connectivity index (χ3v) is 5.80. The molecule has 35 heavy (non-hydrogen) atoms. The highest BCUT2D eigenvalue weighted by Crippen LogP contribution is 2.32. The van der Waals surface area contributed by atoms with Gasteiger partial charge in [-0.1, -0.05) is 35.9 Å². The Morgan fingerprint density at radius 1 is 0.886 bits per heavy atom. The first-order valence-corrected chi connectivity index (χ1v) is 10.9. The fourth-order valence-electron chi connectivity index (χ4n) is 3.89. The Morgan fingerprint density at radius 3 is 2.17 bits per heavy atom. The zero-order chi connectivity index (χ0) is 24.5. The minimum Gasteiger partial charge on any atom is -0.452 e. The van der Waals surface area contributed by atoms with Gasteiger partial charge in [-0.2, -0.15) is 0 Å². The summed E-state index contributed by atoms with van der Waals surface area (Å²) in [6.45, 7) is -0.532. The van der Waals surface area contributed by atoms with E-state index in [9.17, 15) is 19.2 Å². The molecule has 3 aromatic carbocycles. The van der Waals surface area contributed by atoms with Gasteiger partial charge in [-0.15, -0.1) is 0 Å². The van der Waals surface area contributed by atoms with E-state index in [-0.39, 0.29) is 10.7 Å². The third-order valence-electron chi connectivity index (χ3n) is 5.50. The van der Waals surface area contributed by atoms with E-state index in [1.54, 1.807) is 36.4 Å². The Labute approximate surface area is 204 Å². The van der Waals surface area contributed by atoms with Gasteiger partial charge in [-0.3, -0.25) is 14.4 Å². The van der Waals surface area contributed by atoms with E-state index in [2.05, 4.69) is 10.3 Å². The number of aromatic nitrogens is 1. The van der Waals surface area contributed by atoms with Crippen molar-refractivity contribution in [2.75, 3.05) is 16.8 Å². The molecule has 0 bridgehead atoms. The zero-order valence-corrected chi connectivity index (χ0v) is 18.8. The lowest BCUT2D eigenvalue weighted by molar-refractivity contribution is -0.119. The molecule has 0 fully saturated rings. The van der Waals surface area contributed by atoms with Crippen molar-refractivity contribution < 1.29 is 23.9 Å². The van der Waals surface area contributed by atoms with E-state index >= 15 is 0 Å². The molecular formula is C26H16ClN3O5. The number of nitrogens with one attached hydrogen (secondary N) is 1. The summed E-state index contributed by atoms with van der Waals surface area (Å²) >= 11 is 5.89. The molecule has 0 atom stereocenters. The van der Waals surface area contributed by atoms with Crippen LogP contribution < -0.4 is 10.2 Å². The van der Waals surface area contributed by atoms with Crippen LogP contribution in [0.1, 0.15) is 31.1 Å². The minimum absolute atomic E-state index is 0.114. The van der Waals surface area contributed by atoms with Gasteiger partial charge in [-0.05, 0) is 53.9 Å². The maximum Gasteiger partial charge on any atom is 0.338 e. The number of pyridine rings is 1. The molecule has 2 heterocycles. The van der Waals surface area contributed by atoms with Crippen molar-refractivity contribution in [3.63, 3.8) is 0 Å². The minimum atomic E-state index is -0.740. The summed E-state index contributed by atoms with van der Waals surface area (Å²) in [5, 5.41) is 4.06. The van der Waals surface area contributed by atoms with Crippen molar-refractivity contribution in [1.29, 1.82) is 0 Å². The number of hydrogen-bond acceptors (Lipinski definition) is 6. The molecule has 0 aliphatic carbocycles. The number of nitrogens with zero attached hydrogens (tertiary/aromatic N) is 2. The predicted molar refractivity (Wildman–Crippen MR) is 130 cm³/mol. The average molecular weight is 486 g/mol. The number of ether oxygens (including phenoxy) is 1. The van der Waals surface area contributed by atoms with Gasteiger partial charge in [0.1, 0.15) is 0 Å². The Balaban J connectivity index is 1.29. The number of benzene rings is 3. The van der Waals surface area contributed by atoms with Crippen molar-refractivity contribution in [1.82, 2.24) is 4.98 Å². The quantitative estimate of drug-likeness (QED) is 0.254. The van der Waals surface area contributed by atoms with Gasteiger partial charge in [-0.25, -0.2) is 14.7 Å². The first-order valence-electron chi connectivity index (χ1n) is 10.5. The highest BCUT2D eigenvalue weighted by Gasteiger charge is 2.33. The van der Waals surface area contributed by atoms with Crippen LogP contribution in [0.3, 0.4) is 0 Å². The molecule has 1 N–H and O–H groups in total. The van der Waals surface area contributed by atoms with Gasteiger partial charge in [0.05, 0.1) is 16.9 Å². The van der Waals surface area contributed by atoms with E-state index < -0.39 is 30.3 Å². The van der Waals surface area contributed by atoms with Gasteiger partial charge in [0.15, 0.2) is 11.8 Å². The fraction of sp³-hybridized carbons (Fsp3) is 0.0385. The second kappa shape index (κ2) is 9.00. The van der Waals surface area contributed by atoms with Crippen LogP contribution >= 0.6 is 11.6 Å². The number of imide groups is 1. The monoisotopic (exact) mass is 485 g/mol. The second-order valence-electron chi connectivity index (χ2n) is 7.67. The van der Waals surface area contributed by atoms with Gasteiger partial charge >= 0.3 is 5.97 Å². The lowest BCUT2D eigenvalue weighted by atomic mass is 9.94. The summed E-state index contributed by atoms with van der Waals surface area (Å²) in [7, 11) is 0. The Morgan fingerprint density at radius 2 is 1.54 bits per heavy atom. The number of halogens is 1. The summed E-state index contributed by atoms with van der Waals surface area (Å²) in [5.41, 5.74) is 1.63. The number of carbonyl (C=O) groups is 4. The lowest BCUT2D eigenvalue weighted by Crippen LogP contribution is -2.40. The molecule has 172 valence electrons. The highest BCUT2D eigenvalue weighted by atomic mass is 35.5. The molecule has 4 aromatic rings. The first kappa shape index (κ1) is 22.2. The van der Waals surface area contributed by atoms with Crippen molar-refractivity contribution in [2.45, 2.75) is 0 Å². The number of anilines is 2. The highest BCUT2D eigenvalue weighted by molar-refractivity contribution is 6.35. The van der Waals surface area contributed by atoms with Crippen LogP contribution in [0.25, 0.3) is 10.8 Å². The van der Waals surface area contributed by atoms with E-state index in [0.29, 0.717) is 27.9 Å². The summed E-state index contributed by atoms with van der Waals surface area (Å²) in [6.07, 6.45) is 1.48. The summed E-state index contributed by atoms with van der Waals surface area (Å²) in [6, 6.07) is 19.6. The zero-order valence-electron chi connectivity index (χ0n) is 18.0. The van der Waals surface area contributed by atoms with E-state index in [4.69, 9.17) is 16.3 Å². The van der Waals surface area contributed by atoms with Gasteiger partial charge in [0.25, 0.3) is 17.7 Å². The van der Waals surface area contributed by atoms with E-state index in [0.717, 1.165) is 10.3 Å². The molecule has 0 unspecified atom stereocenters. The molecule has 1 aromatic heterocycles. The van der Waals surface area contributed by atoms with Crippen molar-refractivity contribution in [3.8, 4) is 0 Å². The number of esters is 1. The Kier molecular flexibility index (Phi) is 5.72. The van der Waals surface area contributed by atoms with Gasteiger partial charge < -0.3 is 10.1 Å². The largest absolute Gasteiger partial charge is 0.452 e. The molecule has 8 nitrogen and oxygen atoms in total. The number of hydrogen-bond donors (Lipinski definition) is 1. The normalized spacial score (nSPS) is 12.5. The van der Waals surface area contributed by atoms with Crippen LogP contribution in [-0.2, 0) is 9.53 Å². The Hall–Kier alpha value is -4.56. The van der Waals surface area contributed by atoms with E-state index in [1.807, 2.05) is 12.1 Å². The molecular weight excluding hydrogens is 470 g/mol. The van der Waals surface area contributed by atoms with Crippen molar-refractivity contribution in [2.24, 2.45) is 0 Å². The van der Waals surface area contributed by atoms with E-state index in [1.165, 1.54) is 30.5 Å². The third kappa shape index (κ3) is 4.11. The number of rotatable bonds is 5. The molecule has 0 saturated heterocycles. The predicted octanol–water partition coefficient (Wildman–Crippen LogP) is 4.48. The summed E-state index contributed by atoms with van der Waals surface area (Å²) in [5.74, 6) is -2.21. The first-order chi connectivity index (χ1) is 16.9. The SMILES string of the molecule is O=C(COC(=O)c1ccc(N2C(=O)c3cccc4cccc(c34)C2=O)cc1)Nc1cccnc1Cl. The van der Waals surface area contributed by atoms with Crippen LogP contribution in [0.4, 0.5) is 11.4 Å². The Bertz CT molecular complexity index is 1470. The van der Waals surface area contributed by atoms with Gasteiger partial charge in [0, 0.05) is 22.7 Å². The molecule has 3 amide bonds. The maximum atomic E-state index is 13.1. The molecule has 1 aliphatic rings. The molecule has 0 spiro atoms. The maximum absolute atomic E-state index is 13.1. The van der Waals surface area contributed by atoms with Crippen LogP contribution in [0.5, 0.6) is 0 Å². The lowest BCUT2D eigenvalue weighted by Gasteiger charge is -2.27. The van der Waals surface area contributed by atoms with Crippen LogP contribution in [0, 0.1) is 0 Å². The average Bonchev–Trinajstić information content (AvgIpc) is 2.87. The molecule has 5 rings (SSSR count). The fourth-order valence-corrected chi connectivity index (χ4v) is 4.06.